The van der Waals surface area contributed by atoms with E-state index in [9.17, 15) is 4.79 Å². The fourth-order valence-corrected chi connectivity index (χ4v) is 3.51. The SMILES string of the molecule is CC1CCCC(N)(C(=O)N(Cc2cccnc2)C2CC2)C1. The minimum atomic E-state index is -0.650. The van der Waals surface area contributed by atoms with Crippen LogP contribution in [0.4, 0.5) is 0 Å². The molecule has 114 valence electrons. The molecule has 0 saturated heterocycles. The lowest BCUT2D eigenvalue weighted by Gasteiger charge is -2.39. The Hall–Kier alpha value is -1.42. The Morgan fingerprint density at radius 3 is 2.90 bits per heavy atom. The van der Waals surface area contributed by atoms with E-state index < -0.39 is 5.54 Å². The minimum absolute atomic E-state index is 0.153. The van der Waals surface area contributed by atoms with Crippen LogP contribution in [0, 0.1) is 5.92 Å². The number of rotatable bonds is 4. The Kier molecular flexibility index (Phi) is 3.98. The number of nitrogens with zero attached hydrogens (tertiary/aromatic N) is 2. The number of amides is 1. The molecule has 0 radical (unpaired) electrons. The van der Waals surface area contributed by atoms with Gasteiger partial charge in [0.15, 0.2) is 0 Å². The van der Waals surface area contributed by atoms with Crippen molar-refractivity contribution in [2.45, 2.75) is 63.6 Å². The van der Waals surface area contributed by atoms with Crippen LogP contribution in [0.1, 0.15) is 51.0 Å². The Morgan fingerprint density at radius 2 is 2.29 bits per heavy atom. The zero-order chi connectivity index (χ0) is 14.9. The maximum Gasteiger partial charge on any atom is 0.243 e. The molecule has 21 heavy (non-hydrogen) atoms. The van der Waals surface area contributed by atoms with Crippen molar-refractivity contribution in [3.63, 3.8) is 0 Å². The Labute approximate surface area is 126 Å². The Morgan fingerprint density at radius 1 is 1.48 bits per heavy atom. The van der Waals surface area contributed by atoms with Crippen LogP contribution in [0.5, 0.6) is 0 Å². The first kappa shape index (κ1) is 14.5. The molecule has 1 aromatic heterocycles. The maximum atomic E-state index is 13.0. The number of aromatic nitrogens is 1. The summed E-state index contributed by atoms with van der Waals surface area (Å²) in [5.74, 6) is 0.701. The van der Waals surface area contributed by atoms with Crippen molar-refractivity contribution < 1.29 is 4.79 Å². The number of hydrogen-bond donors (Lipinski definition) is 1. The third-order valence-electron chi connectivity index (χ3n) is 4.78. The highest BCUT2D eigenvalue weighted by atomic mass is 16.2. The summed E-state index contributed by atoms with van der Waals surface area (Å²) < 4.78 is 0. The van der Waals surface area contributed by atoms with Gasteiger partial charge >= 0.3 is 0 Å². The van der Waals surface area contributed by atoms with E-state index in [2.05, 4.69) is 11.9 Å². The second-order valence-corrected chi connectivity index (χ2v) is 6.88. The highest BCUT2D eigenvalue weighted by Crippen LogP contribution is 2.36. The van der Waals surface area contributed by atoms with Crippen molar-refractivity contribution in [2.24, 2.45) is 11.7 Å². The number of carbonyl (C=O) groups is 1. The van der Waals surface area contributed by atoms with Gasteiger partial charge in [0.1, 0.15) is 0 Å². The summed E-state index contributed by atoms with van der Waals surface area (Å²) >= 11 is 0. The van der Waals surface area contributed by atoms with Gasteiger partial charge in [-0.25, -0.2) is 0 Å². The van der Waals surface area contributed by atoms with Gasteiger partial charge < -0.3 is 10.6 Å². The molecule has 2 atom stereocenters. The first-order valence-corrected chi connectivity index (χ1v) is 8.07. The van der Waals surface area contributed by atoms with E-state index >= 15 is 0 Å². The molecular weight excluding hydrogens is 262 g/mol. The molecule has 1 aromatic rings. The minimum Gasteiger partial charge on any atom is -0.334 e. The lowest BCUT2D eigenvalue weighted by atomic mass is 9.76. The molecule has 4 heteroatoms. The molecule has 2 unspecified atom stereocenters. The summed E-state index contributed by atoms with van der Waals surface area (Å²) in [5, 5.41) is 0. The summed E-state index contributed by atoms with van der Waals surface area (Å²) in [7, 11) is 0. The van der Waals surface area contributed by atoms with E-state index in [1.807, 2.05) is 23.2 Å². The first-order chi connectivity index (χ1) is 10.1. The van der Waals surface area contributed by atoms with Gasteiger partial charge in [-0.15, -0.1) is 0 Å². The van der Waals surface area contributed by atoms with Gasteiger partial charge in [0.05, 0.1) is 5.54 Å². The summed E-state index contributed by atoms with van der Waals surface area (Å²) in [4.78, 5) is 19.2. The van der Waals surface area contributed by atoms with Crippen molar-refractivity contribution in [1.29, 1.82) is 0 Å². The predicted molar refractivity (Wildman–Crippen MR) is 82.4 cm³/mol. The molecule has 4 nitrogen and oxygen atoms in total. The van der Waals surface area contributed by atoms with E-state index in [0.717, 1.165) is 37.7 Å². The molecule has 2 aliphatic carbocycles. The summed E-state index contributed by atoms with van der Waals surface area (Å²) in [6.07, 6.45) is 9.73. The number of pyridine rings is 1. The fourth-order valence-electron chi connectivity index (χ4n) is 3.51. The van der Waals surface area contributed by atoms with Gasteiger partial charge in [-0.1, -0.05) is 25.8 Å². The fraction of sp³-hybridized carbons (Fsp3) is 0.647. The normalized spacial score (nSPS) is 29.1. The summed E-state index contributed by atoms with van der Waals surface area (Å²) in [6.45, 7) is 2.85. The Bertz CT molecular complexity index is 500. The monoisotopic (exact) mass is 287 g/mol. The quantitative estimate of drug-likeness (QED) is 0.925. The second kappa shape index (κ2) is 5.76. The molecule has 3 rings (SSSR count). The standard InChI is InChI=1S/C17H25N3O/c1-13-4-2-8-17(18,10-13)16(21)20(15-6-7-15)12-14-5-3-9-19-11-14/h3,5,9,11,13,15H,2,4,6-8,10,12,18H2,1H3. The average Bonchev–Trinajstić information content (AvgIpc) is 3.29. The molecule has 0 aliphatic heterocycles. The van der Waals surface area contributed by atoms with Crippen molar-refractivity contribution in [3.8, 4) is 0 Å². The van der Waals surface area contributed by atoms with Gasteiger partial charge in [0, 0.05) is 25.0 Å². The molecule has 0 aromatic carbocycles. The topological polar surface area (TPSA) is 59.2 Å². The summed E-state index contributed by atoms with van der Waals surface area (Å²) in [6, 6.07) is 4.34. The van der Waals surface area contributed by atoms with Crippen molar-refractivity contribution >= 4 is 5.91 Å². The van der Waals surface area contributed by atoms with Crippen LogP contribution < -0.4 is 5.73 Å². The lowest BCUT2D eigenvalue weighted by molar-refractivity contribution is -0.140. The molecule has 2 fully saturated rings. The van der Waals surface area contributed by atoms with Crippen LogP contribution in [0.25, 0.3) is 0 Å². The first-order valence-electron chi connectivity index (χ1n) is 8.07. The van der Waals surface area contributed by atoms with Gasteiger partial charge in [-0.2, -0.15) is 0 Å². The van der Waals surface area contributed by atoms with Crippen molar-refractivity contribution in [1.82, 2.24) is 9.88 Å². The highest BCUT2D eigenvalue weighted by Gasteiger charge is 2.44. The maximum absolute atomic E-state index is 13.0. The predicted octanol–water partition coefficient (Wildman–Crippen LogP) is 2.48. The molecule has 1 amide bonds. The molecule has 0 spiro atoms. The third kappa shape index (κ3) is 3.26. The van der Waals surface area contributed by atoms with Gasteiger partial charge in [0.25, 0.3) is 0 Å². The summed E-state index contributed by atoms with van der Waals surface area (Å²) in [5.41, 5.74) is 6.94. The molecule has 2 saturated carbocycles. The molecular formula is C17H25N3O. The number of hydrogen-bond acceptors (Lipinski definition) is 3. The molecule has 2 aliphatic rings. The zero-order valence-corrected chi connectivity index (χ0v) is 12.8. The molecule has 0 bridgehead atoms. The van der Waals surface area contributed by atoms with Crippen LogP contribution in [0.15, 0.2) is 24.5 Å². The van der Waals surface area contributed by atoms with Gasteiger partial charge in [-0.3, -0.25) is 9.78 Å². The van der Waals surface area contributed by atoms with Crippen LogP contribution in [0.3, 0.4) is 0 Å². The third-order valence-corrected chi connectivity index (χ3v) is 4.78. The van der Waals surface area contributed by atoms with Crippen molar-refractivity contribution in [3.05, 3.63) is 30.1 Å². The van der Waals surface area contributed by atoms with Crippen LogP contribution >= 0.6 is 0 Å². The van der Waals surface area contributed by atoms with Gasteiger partial charge in [-0.05, 0) is 43.2 Å². The number of carbonyl (C=O) groups excluding carboxylic acids is 1. The van der Waals surface area contributed by atoms with E-state index in [1.165, 1.54) is 6.42 Å². The smallest absolute Gasteiger partial charge is 0.243 e. The molecule has 2 N–H and O–H groups in total. The van der Waals surface area contributed by atoms with Gasteiger partial charge in [0.2, 0.25) is 5.91 Å². The van der Waals surface area contributed by atoms with Crippen LogP contribution in [-0.4, -0.2) is 27.4 Å². The van der Waals surface area contributed by atoms with Crippen LogP contribution in [-0.2, 0) is 11.3 Å². The van der Waals surface area contributed by atoms with E-state index in [0.29, 0.717) is 18.5 Å². The second-order valence-electron chi connectivity index (χ2n) is 6.88. The van der Waals surface area contributed by atoms with E-state index in [1.54, 1.807) is 6.20 Å². The van der Waals surface area contributed by atoms with E-state index in [4.69, 9.17) is 5.73 Å². The highest BCUT2D eigenvalue weighted by molar-refractivity contribution is 5.86. The average molecular weight is 287 g/mol. The largest absolute Gasteiger partial charge is 0.334 e. The van der Waals surface area contributed by atoms with Crippen LogP contribution in [0.2, 0.25) is 0 Å². The lowest BCUT2D eigenvalue weighted by Crippen LogP contribution is -2.57. The molecule has 1 heterocycles. The van der Waals surface area contributed by atoms with Crippen molar-refractivity contribution in [2.75, 3.05) is 0 Å². The zero-order valence-electron chi connectivity index (χ0n) is 12.8. The Balaban J connectivity index is 1.76. The van der Waals surface area contributed by atoms with E-state index in [-0.39, 0.29) is 5.91 Å². The number of nitrogens with two attached hydrogens (primary N) is 1.